The second-order valence-electron chi connectivity index (χ2n) is 2.95. The van der Waals surface area contributed by atoms with Crippen LogP contribution in [-0.2, 0) is 4.74 Å². The monoisotopic (exact) mass is 242 g/mol. The number of nitrogens with zero attached hydrogens (tertiary/aromatic N) is 1. The number of morpholine rings is 1. The molecule has 1 atom stereocenters. The van der Waals surface area contributed by atoms with Crippen LogP contribution in [0.3, 0.4) is 0 Å². The van der Waals surface area contributed by atoms with Crippen molar-refractivity contribution in [3.05, 3.63) is 28.5 Å². The number of nitrogens with one attached hydrogen (secondary N) is 1. The highest BCUT2D eigenvalue weighted by Crippen LogP contribution is 2.18. The highest BCUT2D eigenvalue weighted by molar-refractivity contribution is 9.10. The van der Waals surface area contributed by atoms with Gasteiger partial charge >= 0.3 is 0 Å². The molecule has 3 nitrogen and oxygen atoms in total. The van der Waals surface area contributed by atoms with Crippen LogP contribution in [-0.4, -0.2) is 24.7 Å². The summed E-state index contributed by atoms with van der Waals surface area (Å²) in [7, 11) is 0. The molecule has 1 aromatic heterocycles. The SMILES string of the molecule is Brc1cccc(C2CNCCO2)n1. The Labute approximate surface area is 85.6 Å². The molecule has 13 heavy (non-hydrogen) atoms. The number of rotatable bonds is 1. The van der Waals surface area contributed by atoms with Crippen LogP contribution in [0.5, 0.6) is 0 Å². The van der Waals surface area contributed by atoms with Gasteiger partial charge in [0.05, 0.1) is 12.3 Å². The molecule has 2 rings (SSSR count). The van der Waals surface area contributed by atoms with Gasteiger partial charge in [-0.2, -0.15) is 0 Å². The number of hydrogen-bond acceptors (Lipinski definition) is 3. The van der Waals surface area contributed by atoms with Crippen LogP contribution in [0.15, 0.2) is 22.8 Å². The summed E-state index contributed by atoms with van der Waals surface area (Å²) < 4.78 is 6.43. The Morgan fingerprint density at radius 1 is 1.54 bits per heavy atom. The first-order valence-corrected chi connectivity index (χ1v) is 5.10. The molecule has 0 saturated carbocycles. The van der Waals surface area contributed by atoms with E-state index in [-0.39, 0.29) is 6.10 Å². The van der Waals surface area contributed by atoms with Gasteiger partial charge in [0.15, 0.2) is 0 Å². The Hall–Kier alpha value is -0.450. The van der Waals surface area contributed by atoms with Crippen molar-refractivity contribution in [2.24, 2.45) is 0 Å². The average molecular weight is 243 g/mol. The molecule has 70 valence electrons. The van der Waals surface area contributed by atoms with Crippen LogP contribution in [0.4, 0.5) is 0 Å². The molecule has 1 fully saturated rings. The lowest BCUT2D eigenvalue weighted by Crippen LogP contribution is -2.33. The van der Waals surface area contributed by atoms with Gasteiger partial charge in [0.25, 0.3) is 0 Å². The first kappa shape index (κ1) is 9.12. The molecule has 0 aliphatic carbocycles. The van der Waals surface area contributed by atoms with E-state index in [4.69, 9.17) is 4.74 Å². The second kappa shape index (κ2) is 4.17. The van der Waals surface area contributed by atoms with E-state index < -0.39 is 0 Å². The number of aromatic nitrogens is 1. The van der Waals surface area contributed by atoms with Gasteiger partial charge in [-0.05, 0) is 28.1 Å². The zero-order valence-corrected chi connectivity index (χ0v) is 8.75. The van der Waals surface area contributed by atoms with Crippen LogP contribution >= 0.6 is 15.9 Å². The van der Waals surface area contributed by atoms with Crippen LogP contribution in [0.25, 0.3) is 0 Å². The van der Waals surface area contributed by atoms with Gasteiger partial charge in [0.2, 0.25) is 0 Å². The van der Waals surface area contributed by atoms with Gasteiger partial charge in [-0.15, -0.1) is 0 Å². The van der Waals surface area contributed by atoms with E-state index in [0.29, 0.717) is 0 Å². The molecule has 0 bridgehead atoms. The molecule has 1 N–H and O–H groups in total. The predicted octanol–water partition coefficient (Wildman–Crippen LogP) is 1.50. The predicted molar refractivity (Wildman–Crippen MR) is 53.5 cm³/mol. The van der Waals surface area contributed by atoms with Gasteiger partial charge in [0.1, 0.15) is 10.7 Å². The third kappa shape index (κ3) is 2.27. The van der Waals surface area contributed by atoms with Crippen molar-refractivity contribution in [1.29, 1.82) is 0 Å². The molecule has 2 heterocycles. The molecule has 1 aliphatic rings. The highest BCUT2D eigenvalue weighted by atomic mass is 79.9. The van der Waals surface area contributed by atoms with E-state index in [0.717, 1.165) is 30.0 Å². The summed E-state index contributed by atoms with van der Waals surface area (Å²) >= 11 is 3.34. The number of hydrogen-bond donors (Lipinski definition) is 1. The third-order valence-electron chi connectivity index (χ3n) is 1.99. The largest absolute Gasteiger partial charge is 0.369 e. The topological polar surface area (TPSA) is 34.1 Å². The van der Waals surface area contributed by atoms with Crippen molar-refractivity contribution < 1.29 is 4.74 Å². The van der Waals surface area contributed by atoms with Crippen molar-refractivity contribution in [3.8, 4) is 0 Å². The van der Waals surface area contributed by atoms with E-state index in [1.54, 1.807) is 0 Å². The van der Waals surface area contributed by atoms with E-state index in [9.17, 15) is 0 Å². The van der Waals surface area contributed by atoms with E-state index in [2.05, 4.69) is 26.2 Å². The van der Waals surface area contributed by atoms with Crippen LogP contribution in [0.1, 0.15) is 11.8 Å². The Kier molecular flexibility index (Phi) is 2.93. The Morgan fingerprint density at radius 3 is 3.15 bits per heavy atom. The van der Waals surface area contributed by atoms with Gasteiger partial charge in [-0.1, -0.05) is 6.07 Å². The maximum atomic E-state index is 5.57. The van der Waals surface area contributed by atoms with E-state index in [1.807, 2.05) is 18.2 Å². The Bertz CT molecular complexity index is 287. The van der Waals surface area contributed by atoms with Gasteiger partial charge < -0.3 is 10.1 Å². The first-order valence-electron chi connectivity index (χ1n) is 4.31. The fraction of sp³-hybridized carbons (Fsp3) is 0.444. The summed E-state index contributed by atoms with van der Waals surface area (Å²) in [6.07, 6.45) is 0.103. The lowest BCUT2D eigenvalue weighted by Gasteiger charge is -2.23. The van der Waals surface area contributed by atoms with Gasteiger partial charge in [-0.3, -0.25) is 0 Å². The number of halogens is 1. The first-order chi connectivity index (χ1) is 6.36. The average Bonchev–Trinajstić information content (AvgIpc) is 2.19. The number of ether oxygens (including phenoxy) is 1. The Morgan fingerprint density at radius 2 is 2.46 bits per heavy atom. The summed E-state index contributed by atoms with van der Waals surface area (Å²) in [6.45, 7) is 2.55. The maximum Gasteiger partial charge on any atom is 0.112 e. The summed E-state index contributed by atoms with van der Waals surface area (Å²) in [5, 5.41) is 3.27. The minimum Gasteiger partial charge on any atom is -0.369 e. The van der Waals surface area contributed by atoms with E-state index in [1.165, 1.54) is 0 Å². The molecular formula is C9H11BrN2O. The summed E-state index contributed by atoms with van der Waals surface area (Å²) in [5.41, 5.74) is 0.988. The van der Waals surface area contributed by atoms with Crippen molar-refractivity contribution >= 4 is 15.9 Å². The lowest BCUT2D eigenvalue weighted by atomic mass is 10.2. The molecule has 0 radical (unpaired) electrons. The molecule has 0 aromatic carbocycles. The summed E-state index contributed by atoms with van der Waals surface area (Å²) in [6, 6.07) is 5.88. The highest BCUT2D eigenvalue weighted by Gasteiger charge is 2.16. The Balaban J connectivity index is 2.14. The smallest absolute Gasteiger partial charge is 0.112 e. The minimum atomic E-state index is 0.103. The molecule has 0 spiro atoms. The fourth-order valence-corrected chi connectivity index (χ4v) is 1.72. The molecule has 1 aromatic rings. The fourth-order valence-electron chi connectivity index (χ4n) is 1.36. The zero-order chi connectivity index (χ0) is 9.10. The standard InChI is InChI=1S/C9H11BrN2O/c10-9-3-1-2-7(12-9)8-6-11-4-5-13-8/h1-3,8,11H,4-6H2. The van der Waals surface area contributed by atoms with E-state index >= 15 is 0 Å². The van der Waals surface area contributed by atoms with Crippen LogP contribution in [0.2, 0.25) is 0 Å². The molecule has 0 amide bonds. The number of pyridine rings is 1. The summed E-state index contributed by atoms with van der Waals surface area (Å²) in [5.74, 6) is 0. The molecule has 1 unspecified atom stereocenters. The van der Waals surface area contributed by atoms with Gasteiger partial charge in [0, 0.05) is 13.1 Å². The molecule has 1 saturated heterocycles. The van der Waals surface area contributed by atoms with Gasteiger partial charge in [-0.25, -0.2) is 4.98 Å². The minimum absolute atomic E-state index is 0.103. The van der Waals surface area contributed by atoms with Crippen molar-refractivity contribution in [2.75, 3.05) is 19.7 Å². The van der Waals surface area contributed by atoms with Crippen molar-refractivity contribution in [3.63, 3.8) is 0 Å². The second-order valence-corrected chi connectivity index (χ2v) is 3.76. The summed E-state index contributed by atoms with van der Waals surface area (Å²) in [4.78, 5) is 4.35. The zero-order valence-electron chi connectivity index (χ0n) is 7.16. The molecule has 4 heteroatoms. The maximum absolute atomic E-state index is 5.57. The molecular weight excluding hydrogens is 232 g/mol. The van der Waals surface area contributed by atoms with Crippen LogP contribution in [0, 0.1) is 0 Å². The lowest BCUT2D eigenvalue weighted by molar-refractivity contribution is 0.0249. The van der Waals surface area contributed by atoms with Crippen LogP contribution < -0.4 is 5.32 Å². The quantitative estimate of drug-likeness (QED) is 0.759. The molecule has 1 aliphatic heterocycles. The normalized spacial score (nSPS) is 23.0. The van der Waals surface area contributed by atoms with Crippen molar-refractivity contribution in [1.82, 2.24) is 10.3 Å². The third-order valence-corrected chi connectivity index (χ3v) is 2.44. The van der Waals surface area contributed by atoms with Crippen molar-refractivity contribution in [2.45, 2.75) is 6.10 Å².